The van der Waals surface area contributed by atoms with Gasteiger partial charge in [0.1, 0.15) is 0 Å². The molecule has 0 amide bonds. The van der Waals surface area contributed by atoms with Crippen LogP contribution in [0.5, 0.6) is 0 Å². The van der Waals surface area contributed by atoms with Crippen molar-refractivity contribution in [2.24, 2.45) is 0 Å². The lowest BCUT2D eigenvalue weighted by molar-refractivity contribution is 1.18. The summed E-state index contributed by atoms with van der Waals surface area (Å²) in [6, 6.07) is 54.3. The Morgan fingerprint density at radius 2 is 1.00 bits per heavy atom. The van der Waals surface area contributed by atoms with E-state index in [2.05, 4.69) is 146 Å². The number of para-hydroxylation sites is 4. The van der Waals surface area contributed by atoms with Crippen LogP contribution in [0.1, 0.15) is 0 Å². The molecule has 2 aromatic heterocycles. The van der Waals surface area contributed by atoms with Gasteiger partial charge in [0.05, 0.1) is 35.4 Å². The molecule has 0 aliphatic heterocycles. The van der Waals surface area contributed by atoms with Gasteiger partial charge in [0.2, 0.25) is 0 Å². The first-order valence-corrected chi connectivity index (χ1v) is 15.8. The van der Waals surface area contributed by atoms with Crippen LogP contribution in [0.15, 0.2) is 158 Å². The smallest absolute Gasteiger partial charge is 0.195 e. The molecule has 2 heterocycles. The zero-order valence-electron chi connectivity index (χ0n) is 25.8. The Labute approximate surface area is 277 Å². The molecule has 0 aliphatic rings. The highest BCUT2D eigenvalue weighted by atomic mass is 15.0. The standard InChI is InChI=1S/C44H26N4/c1-45-30-25-26-36-35-17-3-7-21-39(35)47(43(36)28-30)31-14-11-13-29(27-31)32-19-12-20-38(46-2)44(32)37-18-6-10-24-42(37)48-40-22-8-4-15-33(40)34-16-5-9-23-41(34)48/h3-28H. The van der Waals surface area contributed by atoms with Crippen molar-refractivity contribution in [1.29, 1.82) is 0 Å². The average molecular weight is 611 g/mol. The number of aromatic nitrogens is 2. The van der Waals surface area contributed by atoms with Gasteiger partial charge in [-0.05, 0) is 64.7 Å². The Bertz CT molecular complexity index is 2760. The van der Waals surface area contributed by atoms with Crippen molar-refractivity contribution in [3.05, 3.63) is 181 Å². The fraction of sp³-hybridized carbons (Fsp3) is 0. The second-order valence-corrected chi connectivity index (χ2v) is 11.9. The lowest BCUT2D eigenvalue weighted by Gasteiger charge is -2.19. The molecule has 0 unspecified atom stereocenters. The van der Waals surface area contributed by atoms with Gasteiger partial charge in [-0.25, -0.2) is 9.69 Å². The zero-order valence-corrected chi connectivity index (χ0v) is 25.8. The van der Waals surface area contributed by atoms with Crippen molar-refractivity contribution in [2.75, 3.05) is 0 Å². The van der Waals surface area contributed by atoms with Crippen molar-refractivity contribution in [2.45, 2.75) is 0 Å². The van der Waals surface area contributed by atoms with Crippen LogP contribution in [-0.4, -0.2) is 9.13 Å². The molecule has 48 heavy (non-hydrogen) atoms. The maximum absolute atomic E-state index is 8.27. The normalized spacial score (nSPS) is 11.3. The Hall–Kier alpha value is -6.88. The molecule has 4 nitrogen and oxygen atoms in total. The van der Waals surface area contributed by atoms with Gasteiger partial charge in [-0.1, -0.05) is 115 Å². The van der Waals surface area contributed by atoms with E-state index >= 15 is 0 Å². The molecule has 0 saturated carbocycles. The number of benzene rings is 7. The van der Waals surface area contributed by atoms with Crippen molar-refractivity contribution < 1.29 is 0 Å². The average Bonchev–Trinajstić information content (AvgIpc) is 3.67. The highest BCUT2D eigenvalue weighted by Gasteiger charge is 2.20. The van der Waals surface area contributed by atoms with E-state index in [1.807, 2.05) is 30.3 Å². The molecule has 0 fully saturated rings. The van der Waals surface area contributed by atoms with Gasteiger partial charge in [0.15, 0.2) is 11.4 Å². The number of fused-ring (bicyclic) bond motifs is 6. The van der Waals surface area contributed by atoms with Crippen molar-refractivity contribution in [3.8, 4) is 33.6 Å². The van der Waals surface area contributed by atoms with Gasteiger partial charge >= 0.3 is 0 Å². The second-order valence-electron chi connectivity index (χ2n) is 11.9. The maximum atomic E-state index is 8.27. The van der Waals surface area contributed by atoms with Crippen LogP contribution >= 0.6 is 0 Å². The third kappa shape index (κ3) is 4.07. The quantitative estimate of drug-likeness (QED) is 0.177. The van der Waals surface area contributed by atoms with E-state index in [1.54, 1.807) is 0 Å². The van der Waals surface area contributed by atoms with Crippen molar-refractivity contribution in [1.82, 2.24) is 9.13 Å². The third-order valence-corrected chi connectivity index (χ3v) is 9.36. The summed E-state index contributed by atoms with van der Waals surface area (Å²) < 4.78 is 4.57. The number of nitrogens with zero attached hydrogens (tertiary/aromatic N) is 4. The molecule has 0 radical (unpaired) electrons. The van der Waals surface area contributed by atoms with E-state index in [9.17, 15) is 0 Å². The van der Waals surface area contributed by atoms with Gasteiger partial charge in [0.25, 0.3) is 0 Å². The van der Waals surface area contributed by atoms with Crippen LogP contribution in [0.25, 0.3) is 86.9 Å². The van der Waals surface area contributed by atoms with E-state index in [0.29, 0.717) is 11.4 Å². The van der Waals surface area contributed by atoms with Gasteiger partial charge in [0, 0.05) is 32.7 Å². The van der Waals surface area contributed by atoms with E-state index in [4.69, 9.17) is 13.1 Å². The van der Waals surface area contributed by atoms with Crippen LogP contribution in [0.4, 0.5) is 11.4 Å². The van der Waals surface area contributed by atoms with Crippen LogP contribution in [-0.2, 0) is 0 Å². The highest BCUT2D eigenvalue weighted by molar-refractivity contribution is 6.11. The number of hydrogen-bond donors (Lipinski definition) is 0. The number of hydrogen-bond acceptors (Lipinski definition) is 0. The predicted molar refractivity (Wildman–Crippen MR) is 199 cm³/mol. The molecule has 0 bridgehead atoms. The zero-order chi connectivity index (χ0) is 32.2. The minimum absolute atomic E-state index is 0.602. The minimum Gasteiger partial charge on any atom is -0.310 e. The molecular formula is C44H26N4. The monoisotopic (exact) mass is 610 g/mol. The third-order valence-electron chi connectivity index (χ3n) is 9.36. The summed E-state index contributed by atoms with van der Waals surface area (Å²) >= 11 is 0. The van der Waals surface area contributed by atoms with Crippen LogP contribution < -0.4 is 0 Å². The first-order valence-electron chi connectivity index (χ1n) is 15.8. The first kappa shape index (κ1) is 27.4. The maximum Gasteiger partial charge on any atom is 0.195 e. The van der Waals surface area contributed by atoms with E-state index in [0.717, 1.165) is 66.5 Å². The van der Waals surface area contributed by atoms with Crippen LogP contribution in [0.2, 0.25) is 0 Å². The molecule has 0 saturated heterocycles. The Morgan fingerprint density at radius 3 is 1.69 bits per heavy atom. The molecule has 0 N–H and O–H groups in total. The topological polar surface area (TPSA) is 18.6 Å². The summed E-state index contributed by atoms with van der Waals surface area (Å²) in [5.41, 5.74) is 11.5. The van der Waals surface area contributed by atoms with E-state index < -0.39 is 0 Å². The molecule has 222 valence electrons. The molecule has 9 rings (SSSR count). The Morgan fingerprint density at radius 1 is 0.417 bits per heavy atom. The van der Waals surface area contributed by atoms with Gasteiger partial charge < -0.3 is 9.13 Å². The lowest BCUT2D eigenvalue weighted by Crippen LogP contribution is -1.98. The molecule has 4 heteroatoms. The molecular weight excluding hydrogens is 585 g/mol. The predicted octanol–water partition coefficient (Wildman–Crippen LogP) is 12.3. The summed E-state index contributed by atoms with van der Waals surface area (Å²) in [7, 11) is 0. The summed E-state index contributed by atoms with van der Waals surface area (Å²) in [5, 5.41) is 4.65. The molecule has 0 aliphatic carbocycles. The lowest BCUT2D eigenvalue weighted by atomic mass is 9.91. The largest absolute Gasteiger partial charge is 0.310 e. The first-order chi connectivity index (χ1) is 23.7. The molecule has 0 atom stereocenters. The van der Waals surface area contributed by atoms with Crippen LogP contribution in [0, 0.1) is 13.1 Å². The van der Waals surface area contributed by atoms with Gasteiger partial charge in [-0.2, -0.15) is 0 Å². The Kier molecular flexibility index (Phi) is 6.22. The van der Waals surface area contributed by atoms with Gasteiger partial charge in [-0.3, -0.25) is 0 Å². The minimum atomic E-state index is 0.602. The van der Waals surface area contributed by atoms with Gasteiger partial charge in [-0.15, -0.1) is 0 Å². The fourth-order valence-electron chi connectivity index (χ4n) is 7.34. The summed E-state index contributed by atoms with van der Waals surface area (Å²) in [4.78, 5) is 7.79. The summed E-state index contributed by atoms with van der Waals surface area (Å²) in [6.45, 7) is 15.9. The van der Waals surface area contributed by atoms with Crippen molar-refractivity contribution in [3.63, 3.8) is 0 Å². The summed E-state index contributed by atoms with van der Waals surface area (Å²) in [6.07, 6.45) is 0. The number of rotatable bonds is 4. The SMILES string of the molecule is [C-]#[N+]c1ccc2c3ccccc3n(-c3cccc(-c4cccc([N+]#[C-])c4-c4ccccc4-n4c5ccccc5c5ccccc54)c3)c2c1. The highest BCUT2D eigenvalue weighted by Crippen LogP contribution is 2.44. The van der Waals surface area contributed by atoms with E-state index in [-0.39, 0.29) is 0 Å². The van der Waals surface area contributed by atoms with E-state index in [1.165, 1.54) is 10.8 Å². The molecule has 7 aromatic carbocycles. The molecule has 0 spiro atoms. The molecule has 9 aromatic rings. The Balaban J connectivity index is 1.30. The van der Waals surface area contributed by atoms with Crippen molar-refractivity contribution >= 4 is 55.0 Å². The fourth-order valence-corrected chi connectivity index (χ4v) is 7.34. The van der Waals surface area contributed by atoms with Crippen LogP contribution in [0.3, 0.4) is 0 Å². The second kappa shape index (κ2) is 10.9. The summed E-state index contributed by atoms with van der Waals surface area (Å²) in [5.74, 6) is 0.